The number of hydrogen-bond acceptors (Lipinski definition) is 3. The summed E-state index contributed by atoms with van der Waals surface area (Å²) < 4.78 is 0. The highest BCUT2D eigenvalue weighted by Gasteiger charge is 2.19. The van der Waals surface area contributed by atoms with Crippen molar-refractivity contribution in [3.8, 4) is 28.4 Å². The molecule has 0 amide bonds. The Kier molecular flexibility index (Phi) is 2.68. The van der Waals surface area contributed by atoms with Crippen LogP contribution in [0.2, 0.25) is 0 Å². The molecule has 2 aromatic rings. The molecule has 88 valence electrons. The molecule has 0 fully saturated rings. The Balaban J connectivity index is 2.80. The Morgan fingerprint density at radius 3 is 1.88 bits per heavy atom. The van der Waals surface area contributed by atoms with Crippen molar-refractivity contribution in [2.45, 2.75) is 13.8 Å². The van der Waals surface area contributed by atoms with Crippen LogP contribution in [0.4, 0.5) is 0 Å². The molecule has 0 aromatic heterocycles. The Labute approximate surface area is 99.6 Å². The van der Waals surface area contributed by atoms with Gasteiger partial charge in [-0.05, 0) is 30.5 Å². The molecule has 0 atom stereocenters. The topological polar surface area (TPSA) is 60.7 Å². The SMILES string of the molecule is Cc1c(C)c(-c2ccccc2)c(O)c(O)c1O. The quantitative estimate of drug-likeness (QED) is 0.660. The van der Waals surface area contributed by atoms with Gasteiger partial charge in [0.25, 0.3) is 0 Å². The van der Waals surface area contributed by atoms with Crippen molar-refractivity contribution >= 4 is 0 Å². The van der Waals surface area contributed by atoms with Crippen molar-refractivity contribution in [3.05, 3.63) is 41.5 Å². The fraction of sp³-hybridized carbons (Fsp3) is 0.143. The lowest BCUT2D eigenvalue weighted by Gasteiger charge is -2.14. The number of rotatable bonds is 1. The molecular weight excluding hydrogens is 216 g/mol. The number of benzene rings is 2. The monoisotopic (exact) mass is 230 g/mol. The first kappa shape index (κ1) is 11.3. The van der Waals surface area contributed by atoms with Gasteiger partial charge in [-0.1, -0.05) is 30.3 Å². The molecule has 0 heterocycles. The molecule has 2 aromatic carbocycles. The molecule has 0 saturated carbocycles. The molecule has 17 heavy (non-hydrogen) atoms. The predicted molar refractivity (Wildman–Crippen MR) is 66.3 cm³/mol. The molecular formula is C14H14O3. The highest BCUT2D eigenvalue weighted by Crippen LogP contribution is 2.46. The third kappa shape index (κ3) is 1.69. The zero-order valence-corrected chi connectivity index (χ0v) is 9.73. The van der Waals surface area contributed by atoms with Gasteiger partial charge in [0, 0.05) is 5.56 Å². The molecule has 0 unspecified atom stereocenters. The average Bonchev–Trinajstić information content (AvgIpc) is 2.36. The molecule has 0 saturated heterocycles. The predicted octanol–water partition coefficient (Wildman–Crippen LogP) is 3.09. The van der Waals surface area contributed by atoms with Gasteiger partial charge in [-0.2, -0.15) is 0 Å². The summed E-state index contributed by atoms with van der Waals surface area (Å²) >= 11 is 0. The molecule has 0 radical (unpaired) electrons. The summed E-state index contributed by atoms with van der Waals surface area (Å²) in [7, 11) is 0. The first-order chi connectivity index (χ1) is 8.04. The summed E-state index contributed by atoms with van der Waals surface area (Å²) in [4.78, 5) is 0. The summed E-state index contributed by atoms with van der Waals surface area (Å²) in [5, 5.41) is 29.2. The van der Waals surface area contributed by atoms with Gasteiger partial charge in [-0.15, -0.1) is 0 Å². The minimum absolute atomic E-state index is 0.264. The van der Waals surface area contributed by atoms with E-state index in [-0.39, 0.29) is 11.5 Å². The Hall–Kier alpha value is -2.16. The smallest absolute Gasteiger partial charge is 0.201 e. The molecule has 3 N–H and O–H groups in total. The van der Waals surface area contributed by atoms with E-state index in [1.165, 1.54) is 0 Å². The van der Waals surface area contributed by atoms with Crippen LogP contribution in [0.5, 0.6) is 17.2 Å². The van der Waals surface area contributed by atoms with Crippen LogP contribution in [-0.2, 0) is 0 Å². The third-order valence-electron chi connectivity index (χ3n) is 3.04. The second-order valence-electron chi connectivity index (χ2n) is 4.04. The normalized spacial score (nSPS) is 10.5. The van der Waals surface area contributed by atoms with E-state index in [1.54, 1.807) is 13.8 Å². The largest absolute Gasteiger partial charge is 0.504 e. The van der Waals surface area contributed by atoms with Gasteiger partial charge in [0.05, 0.1) is 0 Å². The van der Waals surface area contributed by atoms with E-state index in [2.05, 4.69) is 0 Å². The van der Waals surface area contributed by atoms with Gasteiger partial charge >= 0.3 is 0 Å². The number of phenolic OH excluding ortho intramolecular Hbond substituents is 3. The molecule has 2 rings (SSSR count). The van der Waals surface area contributed by atoms with Crippen LogP contribution in [0.15, 0.2) is 30.3 Å². The Bertz CT molecular complexity index is 530. The standard InChI is InChI=1S/C14H14O3/c1-8-9(2)12(15)14(17)13(16)11(8)10-6-4-3-5-7-10/h3-7,15-17H,1-2H3. The summed E-state index contributed by atoms with van der Waals surface area (Å²) in [6.07, 6.45) is 0. The fourth-order valence-corrected chi connectivity index (χ4v) is 1.91. The van der Waals surface area contributed by atoms with Gasteiger partial charge in [0.2, 0.25) is 5.75 Å². The lowest BCUT2D eigenvalue weighted by Crippen LogP contribution is -1.90. The maximum absolute atomic E-state index is 9.93. The van der Waals surface area contributed by atoms with Gasteiger partial charge in [0.1, 0.15) is 0 Å². The Morgan fingerprint density at radius 1 is 0.706 bits per heavy atom. The van der Waals surface area contributed by atoms with Crippen LogP contribution >= 0.6 is 0 Å². The number of phenols is 3. The van der Waals surface area contributed by atoms with Gasteiger partial charge in [-0.25, -0.2) is 0 Å². The molecule has 3 nitrogen and oxygen atoms in total. The van der Waals surface area contributed by atoms with E-state index < -0.39 is 5.75 Å². The van der Waals surface area contributed by atoms with Crippen LogP contribution in [0, 0.1) is 13.8 Å². The van der Waals surface area contributed by atoms with Crippen LogP contribution in [0.3, 0.4) is 0 Å². The molecule has 0 spiro atoms. The molecule has 0 aliphatic rings. The second kappa shape index (κ2) is 4.01. The summed E-state index contributed by atoms with van der Waals surface area (Å²) in [6.45, 7) is 3.51. The van der Waals surface area contributed by atoms with Crippen molar-refractivity contribution in [1.29, 1.82) is 0 Å². The van der Waals surface area contributed by atoms with E-state index in [0.717, 1.165) is 11.1 Å². The maximum atomic E-state index is 9.93. The molecule has 0 aliphatic heterocycles. The number of hydrogen-bond donors (Lipinski definition) is 3. The minimum Gasteiger partial charge on any atom is -0.504 e. The Morgan fingerprint density at radius 2 is 1.29 bits per heavy atom. The van der Waals surface area contributed by atoms with Gasteiger partial charge in [-0.3, -0.25) is 0 Å². The van der Waals surface area contributed by atoms with Crippen molar-refractivity contribution < 1.29 is 15.3 Å². The minimum atomic E-state index is -0.466. The zero-order valence-electron chi connectivity index (χ0n) is 9.73. The molecule has 0 bridgehead atoms. The maximum Gasteiger partial charge on any atom is 0.201 e. The van der Waals surface area contributed by atoms with Crippen LogP contribution < -0.4 is 0 Å². The van der Waals surface area contributed by atoms with Crippen molar-refractivity contribution in [1.82, 2.24) is 0 Å². The highest BCUT2D eigenvalue weighted by atomic mass is 16.3. The van der Waals surface area contributed by atoms with E-state index in [4.69, 9.17) is 0 Å². The van der Waals surface area contributed by atoms with Crippen LogP contribution in [-0.4, -0.2) is 15.3 Å². The first-order valence-corrected chi connectivity index (χ1v) is 5.33. The van der Waals surface area contributed by atoms with Gasteiger partial charge in [0.15, 0.2) is 11.5 Å². The lowest BCUT2D eigenvalue weighted by molar-refractivity contribution is 0.366. The van der Waals surface area contributed by atoms with E-state index >= 15 is 0 Å². The van der Waals surface area contributed by atoms with E-state index in [1.807, 2.05) is 30.3 Å². The van der Waals surface area contributed by atoms with Crippen LogP contribution in [0.1, 0.15) is 11.1 Å². The van der Waals surface area contributed by atoms with Crippen LogP contribution in [0.25, 0.3) is 11.1 Å². The number of aromatic hydroxyl groups is 3. The molecule has 0 aliphatic carbocycles. The van der Waals surface area contributed by atoms with Gasteiger partial charge < -0.3 is 15.3 Å². The summed E-state index contributed by atoms with van der Waals surface area (Å²) in [5.41, 5.74) is 2.68. The average molecular weight is 230 g/mol. The summed E-state index contributed by atoms with van der Waals surface area (Å²) in [5.74, 6) is -1.01. The van der Waals surface area contributed by atoms with Crippen molar-refractivity contribution in [2.24, 2.45) is 0 Å². The highest BCUT2D eigenvalue weighted by molar-refractivity contribution is 5.80. The fourth-order valence-electron chi connectivity index (χ4n) is 1.91. The first-order valence-electron chi connectivity index (χ1n) is 5.33. The van der Waals surface area contributed by atoms with E-state index in [9.17, 15) is 15.3 Å². The lowest BCUT2D eigenvalue weighted by atomic mass is 9.94. The van der Waals surface area contributed by atoms with Crippen molar-refractivity contribution in [2.75, 3.05) is 0 Å². The molecule has 3 heteroatoms. The summed E-state index contributed by atoms with van der Waals surface area (Å²) in [6, 6.07) is 9.28. The van der Waals surface area contributed by atoms with E-state index in [0.29, 0.717) is 11.1 Å². The third-order valence-corrected chi connectivity index (χ3v) is 3.04. The zero-order chi connectivity index (χ0) is 12.6. The van der Waals surface area contributed by atoms with Crippen molar-refractivity contribution in [3.63, 3.8) is 0 Å². The second-order valence-corrected chi connectivity index (χ2v) is 4.04.